The lowest BCUT2D eigenvalue weighted by Crippen LogP contribution is -2.45. The average Bonchev–Trinajstić information content (AvgIpc) is 2.76. The first-order valence-corrected chi connectivity index (χ1v) is 10.7. The predicted octanol–water partition coefficient (Wildman–Crippen LogP) is 7.24. The molecule has 13 heteroatoms. The number of carbonyl (C=O) groups is 1. The summed E-state index contributed by atoms with van der Waals surface area (Å²) in [6.07, 6.45) is -16.5. The second-order valence-electron chi connectivity index (χ2n) is 8.51. The Morgan fingerprint density at radius 1 is 0.944 bits per heavy atom. The number of amides is 1. The monoisotopic (exact) mass is 528 g/mol. The SMILES string of the molecule is CC[C@@H]1C[C@H]([C@H](CN)c2cc(C(F)(F)F)cc(C(F)(F)F)c2)c2cc(C(F)(F)F)ccc2N1C(=O)O. The van der Waals surface area contributed by atoms with Gasteiger partial charge in [-0.25, -0.2) is 4.79 Å². The first-order chi connectivity index (χ1) is 16.5. The van der Waals surface area contributed by atoms with E-state index in [4.69, 9.17) is 5.73 Å². The molecular weight excluding hydrogens is 507 g/mol. The second-order valence-corrected chi connectivity index (χ2v) is 8.51. The standard InChI is InChI=1S/C23H21F9N2O2/c1-2-15-9-16(17-8-12(21(24,25)26)3-4-19(17)34(15)20(35)36)18(10-33)11-5-13(22(27,28)29)7-14(6-11)23(30,31)32/h3-8,15-16,18H,2,9-10,33H2,1H3,(H,35,36)/t15-,16+,18-/m1/s1. The Kier molecular flexibility index (Phi) is 7.28. The van der Waals surface area contributed by atoms with E-state index in [2.05, 4.69) is 0 Å². The molecule has 0 aromatic heterocycles. The quantitative estimate of drug-likeness (QED) is 0.412. The van der Waals surface area contributed by atoms with Crippen molar-refractivity contribution in [3.05, 3.63) is 64.2 Å². The van der Waals surface area contributed by atoms with E-state index in [0.717, 1.165) is 11.0 Å². The molecule has 0 bridgehead atoms. The number of rotatable bonds is 4. The summed E-state index contributed by atoms with van der Waals surface area (Å²) in [5.41, 5.74) is 0.762. The van der Waals surface area contributed by atoms with Gasteiger partial charge in [0.15, 0.2) is 0 Å². The van der Waals surface area contributed by atoms with E-state index < -0.39 is 71.3 Å². The zero-order chi connectivity index (χ0) is 27.2. The van der Waals surface area contributed by atoms with Crippen LogP contribution in [-0.2, 0) is 18.5 Å². The number of hydrogen-bond donors (Lipinski definition) is 2. The lowest BCUT2D eigenvalue weighted by Gasteiger charge is -2.42. The number of halogens is 9. The molecule has 1 heterocycles. The van der Waals surface area contributed by atoms with Gasteiger partial charge in [0.25, 0.3) is 0 Å². The van der Waals surface area contributed by atoms with Crippen molar-refractivity contribution in [2.45, 2.75) is 56.2 Å². The van der Waals surface area contributed by atoms with Crippen LogP contribution in [0.1, 0.15) is 59.4 Å². The van der Waals surface area contributed by atoms with E-state index in [1.165, 1.54) is 0 Å². The van der Waals surface area contributed by atoms with Gasteiger partial charge in [-0.2, -0.15) is 39.5 Å². The Morgan fingerprint density at radius 3 is 1.89 bits per heavy atom. The average molecular weight is 528 g/mol. The molecule has 0 aliphatic carbocycles. The third-order valence-electron chi connectivity index (χ3n) is 6.36. The van der Waals surface area contributed by atoms with Gasteiger partial charge in [0.05, 0.1) is 22.4 Å². The van der Waals surface area contributed by atoms with Crippen LogP contribution in [0.25, 0.3) is 0 Å². The van der Waals surface area contributed by atoms with E-state index in [0.29, 0.717) is 24.3 Å². The number of hydrogen-bond acceptors (Lipinski definition) is 2. The highest BCUT2D eigenvalue weighted by Gasteiger charge is 2.43. The summed E-state index contributed by atoms with van der Waals surface area (Å²) >= 11 is 0. The minimum Gasteiger partial charge on any atom is -0.465 e. The number of anilines is 1. The Labute approximate surface area is 199 Å². The van der Waals surface area contributed by atoms with Gasteiger partial charge < -0.3 is 10.8 Å². The Bertz CT molecular complexity index is 1090. The van der Waals surface area contributed by atoms with E-state index in [-0.39, 0.29) is 30.2 Å². The zero-order valence-corrected chi connectivity index (χ0v) is 18.6. The largest absolute Gasteiger partial charge is 0.465 e. The number of nitrogens with zero attached hydrogens (tertiary/aromatic N) is 1. The van der Waals surface area contributed by atoms with Crippen LogP contribution < -0.4 is 10.6 Å². The highest BCUT2D eigenvalue weighted by molar-refractivity contribution is 5.89. The van der Waals surface area contributed by atoms with E-state index in [1.54, 1.807) is 6.92 Å². The fourth-order valence-electron chi connectivity index (χ4n) is 4.68. The van der Waals surface area contributed by atoms with Gasteiger partial charge in [-0.1, -0.05) is 6.92 Å². The minimum absolute atomic E-state index is 0.0470. The van der Waals surface area contributed by atoms with Crippen LogP contribution in [0, 0.1) is 0 Å². The molecule has 3 N–H and O–H groups in total. The van der Waals surface area contributed by atoms with Crippen LogP contribution in [0.2, 0.25) is 0 Å². The Hall–Kier alpha value is -2.96. The van der Waals surface area contributed by atoms with Gasteiger partial charge in [0.2, 0.25) is 0 Å². The van der Waals surface area contributed by atoms with Crippen LogP contribution in [0.3, 0.4) is 0 Å². The molecular formula is C23H21F9N2O2. The van der Waals surface area contributed by atoms with Crippen LogP contribution >= 0.6 is 0 Å². The van der Waals surface area contributed by atoms with Gasteiger partial charge in [0, 0.05) is 12.0 Å². The van der Waals surface area contributed by atoms with Crippen molar-refractivity contribution in [2.24, 2.45) is 5.73 Å². The van der Waals surface area contributed by atoms with E-state index >= 15 is 0 Å². The summed E-state index contributed by atoms with van der Waals surface area (Å²) in [7, 11) is 0. The Balaban J connectivity index is 2.27. The molecule has 1 amide bonds. The summed E-state index contributed by atoms with van der Waals surface area (Å²) in [6, 6.07) is 2.47. The van der Waals surface area contributed by atoms with Gasteiger partial charge in [-0.05, 0) is 72.8 Å². The van der Waals surface area contributed by atoms with Crippen molar-refractivity contribution in [3.8, 4) is 0 Å². The van der Waals surface area contributed by atoms with Crippen LogP contribution in [0.4, 0.5) is 50.0 Å². The number of nitrogens with two attached hydrogens (primary N) is 1. The molecule has 1 aliphatic rings. The molecule has 3 atom stereocenters. The fourth-order valence-corrected chi connectivity index (χ4v) is 4.68. The molecule has 3 rings (SSSR count). The van der Waals surface area contributed by atoms with Crippen molar-refractivity contribution in [2.75, 3.05) is 11.4 Å². The molecule has 0 spiro atoms. The minimum atomic E-state index is -5.13. The van der Waals surface area contributed by atoms with Crippen molar-refractivity contribution in [1.82, 2.24) is 0 Å². The fraction of sp³-hybridized carbons (Fsp3) is 0.435. The molecule has 4 nitrogen and oxygen atoms in total. The topological polar surface area (TPSA) is 66.6 Å². The highest BCUT2D eigenvalue weighted by Crippen LogP contribution is 2.49. The van der Waals surface area contributed by atoms with Crippen molar-refractivity contribution in [3.63, 3.8) is 0 Å². The summed E-state index contributed by atoms with van der Waals surface area (Å²) in [4.78, 5) is 12.8. The molecule has 1 aliphatic heterocycles. The normalized spacial score (nSPS) is 19.7. The maximum Gasteiger partial charge on any atom is 0.416 e. The lowest BCUT2D eigenvalue weighted by molar-refractivity contribution is -0.143. The third-order valence-corrected chi connectivity index (χ3v) is 6.36. The van der Waals surface area contributed by atoms with Crippen molar-refractivity contribution >= 4 is 11.8 Å². The van der Waals surface area contributed by atoms with Gasteiger partial charge in [-0.3, -0.25) is 4.90 Å². The first-order valence-electron chi connectivity index (χ1n) is 10.7. The summed E-state index contributed by atoms with van der Waals surface area (Å²) in [5.74, 6) is -2.35. The summed E-state index contributed by atoms with van der Waals surface area (Å²) < 4.78 is 121. The molecule has 36 heavy (non-hydrogen) atoms. The molecule has 0 radical (unpaired) electrons. The predicted molar refractivity (Wildman–Crippen MR) is 112 cm³/mol. The number of alkyl halides is 9. The number of benzene rings is 2. The first kappa shape index (κ1) is 27.6. The van der Waals surface area contributed by atoms with E-state index in [1.807, 2.05) is 0 Å². The van der Waals surface area contributed by atoms with Gasteiger partial charge in [0.1, 0.15) is 0 Å². The van der Waals surface area contributed by atoms with Gasteiger partial charge in [-0.15, -0.1) is 0 Å². The second kappa shape index (κ2) is 9.49. The molecule has 2 aromatic carbocycles. The smallest absolute Gasteiger partial charge is 0.416 e. The number of fused-ring (bicyclic) bond motifs is 1. The zero-order valence-electron chi connectivity index (χ0n) is 18.6. The maximum atomic E-state index is 13.5. The molecule has 0 saturated carbocycles. The van der Waals surface area contributed by atoms with Crippen LogP contribution in [-0.4, -0.2) is 23.8 Å². The van der Waals surface area contributed by atoms with Crippen molar-refractivity contribution < 1.29 is 49.4 Å². The Morgan fingerprint density at radius 2 is 1.47 bits per heavy atom. The number of carboxylic acid groups (broad SMARTS) is 1. The lowest BCUT2D eigenvalue weighted by atomic mass is 9.73. The van der Waals surface area contributed by atoms with Crippen molar-refractivity contribution in [1.29, 1.82) is 0 Å². The van der Waals surface area contributed by atoms with Crippen LogP contribution in [0.15, 0.2) is 36.4 Å². The molecule has 198 valence electrons. The molecule has 2 aromatic rings. The van der Waals surface area contributed by atoms with Gasteiger partial charge >= 0.3 is 24.6 Å². The molecule has 0 saturated heterocycles. The molecule has 0 unspecified atom stereocenters. The summed E-state index contributed by atoms with van der Waals surface area (Å²) in [6.45, 7) is 1.11. The highest BCUT2D eigenvalue weighted by atomic mass is 19.4. The van der Waals surface area contributed by atoms with E-state index in [9.17, 15) is 49.4 Å². The summed E-state index contributed by atoms with van der Waals surface area (Å²) in [5, 5.41) is 9.70. The van der Waals surface area contributed by atoms with Crippen LogP contribution in [0.5, 0.6) is 0 Å². The maximum absolute atomic E-state index is 13.5. The molecule has 0 fully saturated rings. The third kappa shape index (κ3) is 5.40.